The Kier molecular flexibility index (Phi) is 3.31. The molecule has 6 rings (SSSR count). The second-order valence-corrected chi connectivity index (χ2v) is 9.79. The molecular weight excluding hydrogens is 378 g/mol. The lowest BCUT2D eigenvalue weighted by Gasteiger charge is -2.61. The van der Waals surface area contributed by atoms with Gasteiger partial charge in [-0.2, -0.15) is 0 Å². The number of hydrogen-bond acceptors (Lipinski definition) is 6. The second-order valence-electron chi connectivity index (χ2n) is 9.79. The van der Waals surface area contributed by atoms with Crippen LogP contribution in [0.25, 0.3) is 5.57 Å². The van der Waals surface area contributed by atoms with Crippen molar-refractivity contribution in [1.82, 2.24) is 5.32 Å². The van der Waals surface area contributed by atoms with E-state index in [1.54, 1.807) is 0 Å². The van der Waals surface area contributed by atoms with E-state index in [0.29, 0.717) is 19.8 Å². The first kappa shape index (κ1) is 18.1. The van der Waals surface area contributed by atoms with Crippen LogP contribution in [-0.4, -0.2) is 31.4 Å². The van der Waals surface area contributed by atoms with Gasteiger partial charge in [0.25, 0.3) is 6.02 Å². The van der Waals surface area contributed by atoms with Gasteiger partial charge in [0.15, 0.2) is 0 Å². The fourth-order valence-electron chi connectivity index (χ4n) is 5.80. The van der Waals surface area contributed by atoms with Crippen LogP contribution in [0.3, 0.4) is 0 Å². The normalized spacial score (nSPS) is 34.0. The number of nitrogens with zero attached hydrogens (tertiary/aromatic N) is 1. The number of ether oxygens (including phenoxy) is 3. The molecule has 30 heavy (non-hydrogen) atoms. The maximum Gasteiger partial charge on any atom is 0.283 e. The van der Waals surface area contributed by atoms with Crippen LogP contribution in [0.2, 0.25) is 0 Å². The first-order chi connectivity index (χ1) is 14.3. The minimum atomic E-state index is -0.614. The maximum absolute atomic E-state index is 6.54. The number of fused-ring (bicyclic) bond motifs is 4. The molecule has 2 atom stereocenters. The van der Waals surface area contributed by atoms with E-state index in [-0.39, 0.29) is 16.9 Å². The van der Waals surface area contributed by atoms with Gasteiger partial charge in [0, 0.05) is 22.2 Å². The third-order valence-corrected chi connectivity index (χ3v) is 7.82. The van der Waals surface area contributed by atoms with Crippen LogP contribution in [0.4, 0.5) is 0 Å². The summed E-state index contributed by atoms with van der Waals surface area (Å²) in [7, 11) is 0. The van der Waals surface area contributed by atoms with Crippen molar-refractivity contribution in [2.45, 2.75) is 38.3 Å². The van der Waals surface area contributed by atoms with Gasteiger partial charge in [-0.05, 0) is 44.2 Å². The Morgan fingerprint density at radius 2 is 1.97 bits per heavy atom. The molecule has 2 spiro atoms. The quantitative estimate of drug-likeness (QED) is 0.750. The predicted molar refractivity (Wildman–Crippen MR) is 115 cm³/mol. The molecular formula is C24H27N3O3. The van der Waals surface area contributed by atoms with Gasteiger partial charge in [-0.25, -0.2) is 4.99 Å². The van der Waals surface area contributed by atoms with Crippen molar-refractivity contribution in [3.05, 3.63) is 59.5 Å². The lowest BCUT2D eigenvalue weighted by atomic mass is 9.55. The van der Waals surface area contributed by atoms with E-state index in [1.807, 2.05) is 6.20 Å². The highest BCUT2D eigenvalue weighted by Gasteiger charge is 2.71. The van der Waals surface area contributed by atoms with Crippen LogP contribution in [0, 0.1) is 10.8 Å². The first-order valence-corrected chi connectivity index (χ1v) is 10.6. The SMILES string of the molecule is CC12C=CNC1=C(c1ccc3c(c1)C1(COC(N)=N1)C1(COC1)C(C)(C)O3)C=CC2. The van der Waals surface area contributed by atoms with E-state index in [2.05, 4.69) is 62.5 Å². The average Bonchev–Trinajstić information content (AvgIpc) is 3.23. The minimum Gasteiger partial charge on any atom is -0.487 e. The van der Waals surface area contributed by atoms with Gasteiger partial charge in [0.2, 0.25) is 0 Å². The Morgan fingerprint density at radius 3 is 2.67 bits per heavy atom. The lowest BCUT2D eigenvalue weighted by Crippen LogP contribution is -2.71. The molecule has 0 bridgehead atoms. The van der Waals surface area contributed by atoms with Gasteiger partial charge >= 0.3 is 0 Å². The molecule has 0 radical (unpaired) electrons. The van der Waals surface area contributed by atoms with Crippen LogP contribution in [0.15, 0.2) is 53.3 Å². The third-order valence-electron chi connectivity index (χ3n) is 7.82. The summed E-state index contributed by atoms with van der Waals surface area (Å²) in [4.78, 5) is 4.91. The minimum absolute atomic E-state index is 0.0122. The molecule has 0 aromatic heterocycles. The van der Waals surface area contributed by atoms with Crippen molar-refractivity contribution in [3.63, 3.8) is 0 Å². The molecule has 1 aliphatic carbocycles. The van der Waals surface area contributed by atoms with Gasteiger partial charge in [-0.15, -0.1) is 0 Å². The van der Waals surface area contributed by atoms with Crippen molar-refractivity contribution < 1.29 is 14.2 Å². The van der Waals surface area contributed by atoms with E-state index in [1.165, 1.54) is 11.3 Å². The summed E-state index contributed by atoms with van der Waals surface area (Å²) in [6.45, 7) is 8.05. The molecule has 5 aliphatic rings. The number of aliphatic imine (C=N–C) groups is 1. The van der Waals surface area contributed by atoms with E-state index in [0.717, 1.165) is 23.3 Å². The molecule has 1 aromatic rings. The van der Waals surface area contributed by atoms with Crippen molar-refractivity contribution in [2.75, 3.05) is 19.8 Å². The highest BCUT2D eigenvalue weighted by atomic mass is 16.5. The van der Waals surface area contributed by atoms with Crippen molar-refractivity contribution >= 4 is 11.6 Å². The highest BCUT2D eigenvalue weighted by molar-refractivity contribution is 5.81. The zero-order chi connectivity index (χ0) is 20.8. The number of allylic oxidation sites excluding steroid dienone is 4. The fourth-order valence-corrected chi connectivity index (χ4v) is 5.80. The zero-order valence-electron chi connectivity index (χ0n) is 17.6. The van der Waals surface area contributed by atoms with Crippen LogP contribution in [0.1, 0.15) is 38.3 Å². The standard InChI is InChI=1S/C24H27N3O3/c1-21(2)23(12-28-13-23)24(14-29-20(25)27-24)17-11-15(6-7-18(17)30-21)16-5-4-8-22(3)9-10-26-19(16)22/h4-7,9-11,26H,8,12-14H2,1-3H3,(H2,25,27). The highest BCUT2D eigenvalue weighted by Crippen LogP contribution is 2.62. The third kappa shape index (κ3) is 2.00. The van der Waals surface area contributed by atoms with Gasteiger partial charge in [0.1, 0.15) is 23.5 Å². The summed E-state index contributed by atoms with van der Waals surface area (Å²) in [6, 6.07) is 6.66. The monoisotopic (exact) mass is 405 g/mol. The topological polar surface area (TPSA) is 78.1 Å². The first-order valence-electron chi connectivity index (χ1n) is 10.6. The summed E-state index contributed by atoms with van der Waals surface area (Å²) in [5, 5.41) is 3.47. The Hall–Kier alpha value is -2.73. The molecule has 2 unspecified atom stereocenters. The number of amidine groups is 1. The summed E-state index contributed by atoms with van der Waals surface area (Å²) < 4.78 is 18.0. The van der Waals surface area contributed by atoms with Gasteiger partial charge < -0.3 is 25.3 Å². The summed E-state index contributed by atoms with van der Waals surface area (Å²) in [5.41, 5.74) is 9.29. The smallest absolute Gasteiger partial charge is 0.283 e. The molecule has 6 nitrogen and oxygen atoms in total. The number of nitrogens with two attached hydrogens (primary N) is 1. The largest absolute Gasteiger partial charge is 0.487 e. The molecule has 0 amide bonds. The van der Waals surface area contributed by atoms with E-state index in [9.17, 15) is 0 Å². The van der Waals surface area contributed by atoms with Crippen molar-refractivity contribution in [3.8, 4) is 5.75 Å². The van der Waals surface area contributed by atoms with E-state index < -0.39 is 11.1 Å². The molecule has 156 valence electrons. The molecule has 1 aromatic carbocycles. The molecule has 1 fully saturated rings. The van der Waals surface area contributed by atoms with Crippen LogP contribution < -0.4 is 15.8 Å². The number of rotatable bonds is 1. The summed E-state index contributed by atoms with van der Waals surface area (Å²) >= 11 is 0. The van der Waals surface area contributed by atoms with Crippen molar-refractivity contribution in [1.29, 1.82) is 0 Å². The molecule has 1 saturated heterocycles. The Labute approximate surface area is 176 Å². The zero-order valence-corrected chi connectivity index (χ0v) is 17.6. The fraction of sp³-hybridized carbons (Fsp3) is 0.458. The molecule has 4 heterocycles. The molecule has 3 N–H and O–H groups in total. The Balaban J connectivity index is 1.56. The Morgan fingerprint density at radius 1 is 1.13 bits per heavy atom. The van der Waals surface area contributed by atoms with Gasteiger partial charge in [-0.1, -0.05) is 31.2 Å². The predicted octanol–water partition coefficient (Wildman–Crippen LogP) is 3.21. The number of nitrogens with one attached hydrogen (secondary N) is 1. The summed E-state index contributed by atoms with van der Waals surface area (Å²) in [5.74, 6) is 0.842. The van der Waals surface area contributed by atoms with E-state index in [4.69, 9.17) is 24.9 Å². The van der Waals surface area contributed by atoms with Crippen LogP contribution >= 0.6 is 0 Å². The maximum atomic E-state index is 6.54. The van der Waals surface area contributed by atoms with Gasteiger partial charge in [-0.3, -0.25) is 0 Å². The second kappa shape index (κ2) is 5.49. The molecule has 4 aliphatic heterocycles. The summed E-state index contributed by atoms with van der Waals surface area (Å²) in [6.07, 6.45) is 9.75. The Bertz CT molecular complexity index is 1080. The van der Waals surface area contributed by atoms with E-state index >= 15 is 0 Å². The van der Waals surface area contributed by atoms with Gasteiger partial charge in [0.05, 0.1) is 18.6 Å². The average molecular weight is 405 g/mol. The van der Waals surface area contributed by atoms with Crippen LogP contribution in [-0.2, 0) is 15.0 Å². The van der Waals surface area contributed by atoms with Crippen LogP contribution in [0.5, 0.6) is 5.75 Å². The molecule has 6 heteroatoms. The number of benzene rings is 1. The van der Waals surface area contributed by atoms with Crippen molar-refractivity contribution in [2.24, 2.45) is 21.6 Å². The molecule has 0 saturated carbocycles. The number of hydrogen-bond donors (Lipinski definition) is 2. The lowest BCUT2D eigenvalue weighted by molar-refractivity contribution is -0.247.